The SMILES string of the molecule is CCOC(=O)C(C(=O)Cc1ccc(I)cc1)[C@@H](C)C(=O)OC.CCOC(=O)CC(=O)Cc1ccc(I)cc1.COC(=O)[C@@H](C)OS(=O)(=O)c1ccc(C)cc1. The zero-order valence-corrected chi connectivity index (χ0v) is 36.8. The summed E-state index contributed by atoms with van der Waals surface area (Å²) >= 11 is 4.37. The van der Waals surface area contributed by atoms with Gasteiger partial charge in [-0.2, -0.15) is 8.42 Å². The summed E-state index contributed by atoms with van der Waals surface area (Å²) in [6.07, 6.45) is -0.941. The average Bonchev–Trinajstić information content (AvgIpc) is 3.13. The number of aryl methyl sites for hydroxylation is 1. The van der Waals surface area contributed by atoms with Crippen LogP contribution in [0.2, 0.25) is 0 Å². The van der Waals surface area contributed by atoms with Crippen molar-refractivity contribution in [2.45, 2.75) is 64.9 Å². The molecule has 0 heterocycles. The molecule has 0 aliphatic heterocycles. The van der Waals surface area contributed by atoms with E-state index >= 15 is 0 Å². The predicted octanol–water partition coefficient (Wildman–Crippen LogP) is 6.01. The lowest BCUT2D eigenvalue weighted by Gasteiger charge is -2.19. The molecule has 16 heteroatoms. The third-order valence-electron chi connectivity index (χ3n) is 7.33. The molecule has 0 N–H and O–H groups in total. The first-order chi connectivity index (χ1) is 25.9. The van der Waals surface area contributed by atoms with E-state index in [1.807, 2.05) is 55.5 Å². The second-order valence-corrected chi connectivity index (χ2v) is 15.7. The van der Waals surface area contributed by atoms with Crippen LogP contribution in [-0.4, -0.2) is 77.4 Å². The van der Waals surface area contributed by atoms with Gasteiger partial charge in [0.05, 0.1) is 38.2 Å². The van der Waals surface area contributed by atoms with Crippen molar-refractivity contribution < 1.29 is 60.3 Å². The summed E-state index contributed by atoms with van der Waals surface area (Å²) in [5.74, 6) is -4.95. The topological polar surface area (TPSA) is 183 Å². The number of ketones is 2. The van der Waals surface area contributed by atoms with Crippen molar-refractivity contribution in [2.75, 3.05) is 27.4 Å². The number of hydrogen-bond donors (Lipinski definition) is 0. The lowest BCUT2D eigenvalue weighted by molar-refractivity contribution is -0.161. The first-order valence-electron chi connectivity index (χ1n) is 16.9. The quantitative estimate of drug-likeness (QED) is 0.0536. The van der Waals surface area contributed by atoms with Crippen molar-refractivity contribution in [3.8, 4) is 0 Å². The maximum Gasteiger partial charge on any atom is 0.336 e. The summed E-state index contributed by atoms with van der Waals surface area (Å²) < 4.78 is 49.0. The lowest BCUT2D eigenvalue weighted by Crippen LogP contribution is -2.37. The highest BCUT2D eigenvalue weighted by Gasteiger charge is 2.37. The number of methoxy groups -OCH3 is 2. The van der Waals surface area contributed by atoms with E-state index in [2.05, 4.69) is 54.7 Å². The second-order valence-electron chi connectivity index (χ2n) is 11.7. The van der Waals surface area contributed by atoms with E-state index < -0.39 is 51.9 Å². The minimum Gasteiger partial charge on any atom is -0.469 e. The highest BCUT2D eigenvalue weighted by molar-refractivity contribution is 14.1. The molecule has 0 saturated carbocycles. The number of rotatable bonds is 16. The largest absolute Gasteiger partial charge is 0.469 e. The number of benzene rings is 3. The Balaban J connectivity index is 0.000000419. The van der Waals surface area contributed by atoms with Gasteiger partial charge < -0.3 is 18.9 Å². The number of ether oxygens (including phenoxy) is 4. The molecule has 1 unspecified atom stereocenters. The van der Waals surface area contributed by atoms with Crippen LogP contribution in [0.15, 0.2) is 77.7 Å². The Morgan fingerprint density at radius 1 is 0.655 bits per heavy atom. The van der Waals surface area contributed by atoms with Crippen LogP contribution in [0.3, 0.4) is 0 Å². The molecular formula is C39H46I2O13S. The Morgan fingerprint density at radius 3 is 1.58 bits per heavy atom. The van der Waals surface area contributed by atoms with Crippen LogP contribution < -0.4 is 0 Å². The Hall–Kier alpha value is -3.75. The van der Waals surface area contributed by atoms with Gasteiger partial charge in [-0.25, -0.2) is 4.79 Å². The van der Waals surface area contributed by atoms with E-state index in [4.69, 9.17) is 13.7 Å². The molecule has 3 rings (SSSR count). The molecular weight excluding hydrogens is 962 g/mol. The second kappa shape index (κ2) is 25.4. The van der Waals surface area contributed by atoms with E-state index in [0.29, 0.717) is 6.61 Å². The summed E-state index contributed by atoms with van der Waals surface area (Å²) in [6, 6.07) is 21.2. The smallest absolute Gasteiger partial charge is 0.336 e. The van der Waals surface area contributed by atoms with Gasteiger partial charge in [-0.3, -0.25) is 28.2 Å². The van der Waals surface area contributed by atoms with Gasteiger partial charge in [0.25, 0.3) is 10.1 Å². The van der Waals surface area contributed by atoms with Crippen molar-refractivity contribution in [3.63, 3.8) is 0 Å². The molecule has 55 heavy (non-hydrogen) atoms. The van der Waals surface area contributed by atoms with Crippen molar-refractivity contribution in [1.29, 1.82) is 0 Å². The summed E-state index contributed by atoms with van der Waals surface area (Å²) in [6.45, 7) is 8.50. The van der Waals surface area contributed by atoms with Crippen LogP contribution in [0.25, 0.3) is 0 Å². The van der Waals surface area contributed by atoms with Gasteiger partial charge in [0.2, 0.25) is 0 Å². The lowest BCUT2D eigenvalue weighted by atomic mass is 9.87. The summed E-state index contributed by atoms with van der Waals surface area (Å²) in [4.78, 5) is 69.8. The standard InChI is InChI=1S/C16H19IO5.C12H13IO3.C11H14O5S/c1-4-22-16(20)14(10(2)15(19)21-3)13(18)9-11-5-7-12(17)8-6-11;1-2-16-12(15)8-11(14)7-9-3-5-10(13)6-4-9;1-8-4-6-10(7-5-8)17(13,14)16-9(2)11(12)15-3/h5-8,10,14H,4,9H2,1-3H3;3-6H,2,7-8H2,1H3;4-7,9H,1-3H3/t10-,14?;;9-/m1.1/s1. The minimum absolute atomic E-state index is 0.0128. The maximum absolute atomic E-state index is 12.5. The maximum atomic E-state index is 12.5. The van der Waals surface area contributed by atoms with Crippen molar-refractivity contribution in [2.24, 2.45) is 11.8 Å². The molecule has 0 fully saturated rings. The molecule has 3 atom stereocenters. The van der Waals surface area contributed by atoms with E-state index in [9.17, 15) is 37.2 Å². The fraction of sp³-hybridized carbons (Fsp3) is 0.385. The average molecular weight is 1010 g/mol. The Bertz CT molecular complexity index is 1830. The van der Waals surface area contributed by atoms with Gasteiger partial charge in [-0.1, -0.05) is 48.9 Å². The zero-order chi connectivity index (χ0) is 41.7. The molecule has 0 aromatic heterocycles. The molecule has 300 valence electrons. The molecule has 0 bridgehead atoms. The monoisotopic (exact) mass is 1010 g/mol. The van der Waals surface area contributed by atoms with Gasteiger partial charge in [0.15, 0.2) is 11.9 Å². The van der Waals surface area contributed by atoms with Crippen molar-refractivity contribution in [3.05, 3.63) is 96.6 Å². The third-order valence-corrected chi connectivity index (χ3v) is 10.2. The van der Waals surface area contributed by atoms with Gasteiger partial charge in [0.1, 0.15) is 18.1 Å². The normalized spacial score (nSPS) is 12.2. The Labute approximate surface area is 349 Å². The minimum atomic E-state index is -3.93. The summed E-state index contributed by atoms with van der Waals surface area (Å²) in [5, 5.41) is 0. The summed E-state index contributed by atoms with van der Waals surface area (Å²) in [7, 11) is -1.54. The van der Waals surface area contributed by atoms with E-state index in [0.717, 1.165) is 23.8 Å². The van der Waals surface area contributed by atoms with Gasteiger partial charge in [0, 0.05) is 20.0 Å². The molecule has 0 spiro atoms. The highest BCUT2D eigenvalue weighted by Crippen LogP contribution is 2.20. The molecule has 3 aromatic carbocycles. The van der Waals surface area contributed by atoms with E-state index in [1.54, 1.807) is 26.0 Å². The Kier molecular flexibility index (Phi) is 22.8. The molecule has 0 saturated heterocycles. The van der Waals surface area contributed by atoms with Crippen LogP contribution in [-0.2, 0) is 74.9 Å². The van der Waals surface area contributed by atoms with Crippen molar-refractivity contribution in [1.82, 2.24) is 0 Å². The predicted molar refractivity (Wildman–Crippen MR) is 219 cm³/mol. The van der Waals surface area contributed by atoms with Crippen LogP contribution in [0.5, 0.6) is 0 Å². The first kappa shape index (κ1) is 49.3. The third kappa shape index (κ3) is 18.6. The van der Waals surface area contributed by atoms with Crippen LogP contribution in [0, 0.1) is 25.9 Å². The Morgan fingerprint density at radius 2 is 1.13 bits per heavy atom. The van der Waals surface area contributed by atoms with Crippen LogP contribution in [0.4, 0.5) is 0 Å². The van der Waals surface area contributed by atoms with Crippen LogP contribution >= 0.6 is 45.2 Å². The molecule has 0 aliphatic rings. The van der Waals surface area contributed by atoms with E-state index in [-0.39, 0.29) is 42.3 Å². The van der Waals surface area contributed by atoms with Crippen LogP contribution in [0.1, 0.15) is 50.8 Å². The molecule has 13 nitrogen and oxygen atoms in total. The van der Waals surface area contributed by atoms with Crippen molar-refractivity contribution >= 4 is 90.7 Å². The number of esters is 4. The molecule has 0 aliphatic carbocycles. The highest BCUT2D eigenvalue weighted by atomic mass is 127. The molecule has 0 amide bonds. The van der Waals surface area contributed by atoms with Gasteiger partial charge >= 0.3 is 23.9 Å². The zero-order valence-electron chi connectivity index (χ0n) is 31.7. The first-order valence-corrected chi connectivity index (χ1v) is 20.5. The summed E-state index contributed by atoms with van der Waals surface area (Å²) in [5.41, 5.74) is 2.65. The molecule has 0 radical (unpaired) electrons. The van der Waals surface area contributed by atoms with E-state index in [1.165, 1.54) is 40.2 Å². The number of carbonyl (C=O) groups is 6. The molecule has 3 aromatic rings. The fourth-order valence-electron chi connectivity index (χ4n) is 4.50. The number of hydrogen-bond acceptors (Lipinski definition) is 13. The number of Topliss-reactive ketones (excluding diaryl/α,β-unsaturated/α-hetero) is 2. The fourth-order valence-corrected chi connectivity index (χ4v) is 6.26. The van der Waals surface area contributed by atoms with Gasteiger partial charge in [-0.15, -0.1) is 0 Å². The number of halogens is 2. The van der Waals surface area contributed by atoms with Gasteiger partial charge in [-0.05, 0) is 120 Å². The number of carbonyl (C=O) groups excluding carboxylic acids is 6.